The summed E-state index contributed by atoms with van der Waals surface area (Å²) in [5, 5.41) is 19.9. The lowest BCUT2D eigenvalue weighted by Crippen LogP contribution is -2.38. The molecule has 19 heavy (non-hydrogen) atoms. The molecule has 0 unspecified atom stereocenters. The Labute approximate surface area is 110 Å². The van der Waals surface area contributed by atoms with Gasteiger partial charge in [-0.15, -0.1) is 6.58 Å². The minimum Gasteiger partial charge on any atom is -0.480 e. The molecule has 0 fully saturated rings. The largest absolute Gasteiger partial charge is 0.480 e. The van der Waals surface area contributed by atoms with Gasteiger partial charge in [-0.3, -0.25) is 4.79 Å². The predicted molar refractivity (Wildman–Crippen MR) is 69.6 cm³/mol. The Hall–Kier alpha value is -2.81. The first kappa shape index (κ1) is 14.3. The molecule has 0 radical (unpaired) electrons. The number of aliphatic carboxylic acids is 1. The van der Waals surface area contributed by atoms with Gasteiger partial charge in [0.25, 0.3) is 0 Å². The molecule has 0 atom stereocenters. The third kappa shape index (κ3) is 4.52. The molecule has 1 rings (SSSR count). The monoisotopic (exact) mass is 259 g/mol. The number of hydrogen-bond donors (Lipinski definition) is 2. The van der Waals surface area contributed by atoms with Crippen molar-refractivity contribution in [2.24, 2.45) is 0 Å². The van der Waals surface area contributed by atoms with Crippen LogP contribution >= 0.6 is 0 Å². The molecule has 0 saturated heterocycles. The Morgan fingerprint density at radius 3 is 2.53 bits per heavy atom. The second kappa shape index (κ2) is 6.81. The number of nitriles is 1. The third-order valence-corrected chi connectivity index (χ3v) is 2.23. The number of nitrogens with zero attached hydrogens (tertiary/aromatic N) is 2. The number of anilines is 1. The van der Waals surface area contributed by atoms with Crippen molar-refractivity contribution >= 4 is 17.7 Å². The van der Waals surface area contributed by atoms with E-state index in [9.17, 15) is 9.59 Å². The molecule has 0 saturated carbocycles. The standard InChI is InChI=1S/C13H13N3O3/c1-2-7-16(9-12(17)18)13(19)15-11-5-3-10(8-14)4-6-11/h2-6H,1,7,9H2,(H,15,19)(H,17,18). The van der Waals surface area contributed by atoms with Gasteiger partial charge in [-0.25, -0.2) is 4.79 Å². The number of carboxylic acids is 1. The van der Waals surface area contributed by atoms with Crippen molar-refractivity contribution in [3.63, 3.8) is 0 Å². The lowest BCUT2D eigenvalue weighted by Gasteiger charge is -2.19. The number of hydrogen-bond acceptors (Lipinski definition) is 3. The number of benzene rings is 1. The summed E-state index contributed by atoms with van der Waals surface area (Å²) >= 11 is 0. The zero-order valence-corrected chi connectivity index (χ0v) is 10.2. The van der Waals surface area contributed by atoms with E-state index in [1.807, 2.05) is 6.07 Å². The van der Waals surface area contributed by atoms with Crippen LogP contribution in [0.1, 0.15) is 5.56 Å². The van der Waals surface area contributed by atoms with Crippen molar-refractivity contribution in [2.45, 2.75) is 0 Å². The number of urea groups is 1. The van der Waals surface area contributed by atoms with Crippen molar-refractivity contribution in [3.8, 4) is 6.07 Å². The first-order valence-corrected chi connectivity index (χ1v) is 5.45. The first-order chi connectivity index (χ1) is 9.06. The molecule has 1 aromatic carbocycles. The molecule has 2 N–H and O–H groups in total. The van der Waals surface area contributed by atoms with Gasteiger partial charge in [0.15, 0.2) is 0 Å². The molecular weight excluding hydrogens is 246 g/mol. The molecular formula is C13H13N3O3. The Kier molecular flexibility index (Phi) is 5.11. The highest BCUT2D eigenvalue weighted by Crippen LogP contribution is 2.09. The number of rotatable bonds is 5. The van der Waals surface area contributed by atoms with E-state index < -0.39 is 18.5 Å². The minimum atomic E-state index is -1.10. The zero-order chi connectivity index (χ0) is 14.3. The van der Waals surface area contributed by atoms with Crippen molar-refractivity contribution in [3.05, 3.63) is 42.5 Å². The molecule has 1 aromatic rings. The van der Waals surface area contributed by atoms with Crippen LogP contribution in [0.3, 0.4) is 0 Å². The van der Waals surface area contributed by atoms with Crippen LogP contribution in [0.2, 0.25) is 0 Å². The highest BCUT2D eigenvalue weighted by molar-refractivity contribution is 5.91. The van der Waals surface area contributed by atoms with Crippen molar-refractivity contribution in [1.82, 2.24) is 4.90 Å². The van der Waals surface area contributed by atoms with Crippen LogP contribution in [0, 0.1) is 11.3 Å². The molecule has 0 bridgehead atoms. The minimum absolute atomic E-state index is 0.133. The van der Waals surface area contributed by atoms with Crippen molar-refractivity contribution in [1.29, 1.82) is 5.26 Å². The quantitative estimate of drug-likeness (QED) is 0.786. The molecule has 0 aliphatic heterocycles. The van der Waals surface area contributed by atoms with Gasteiger partial charge >= 0.3 is 12.0 Å². The zero-order valence-electron chi connectivity index (χ0n) is 10.2. The number of carbonyl (C=O) groups is 2. The molecule has 0 aliphatic carbocycles. The summed E-state index contributed by atoms with van der Waals surface area (Å²) in [5.41, 5.74) is 0.968. The second-order valence-electron chi connectivity index (χ2n) is 3.68. The topological polar surface area (TPSA) is 93.4 Å². The van der Waals surface area contributed by atoms with E-state index in [1.54, 1.807) is 24.3 Å². The summed E-state index contributed by atoms with van der Waals surface area (Å²) < 4.78 is 0. The normalized spacial score (nSPS) is 9.21. The van der Waals surface area contributed by atoms with E-state index in [2.05, 4.69) is 11.9 Å². The summed E-state index contributed by atoms with van der Waals surface area (Å²) in [6.45, 7) is 3.19. The lowest BCUT2D eigenvalue weighted by atomic mass is 10.2. The number of carboxylic acid groups (broad SMARTS) is 1. The van der Waals surface area contributed by atoms with Crippen LogP contribution in [0.15, 0.2) is 36.9 Å². The van der Waals surface area contributed by atoms with Gasteiger partial charge in [0.2, 0.25) is 0 Å². The number of carbonyl (C=O) groups excluding carboxylic acids is 1. The summed E-state index contributed by atoms with van der Waals surface area (Å²) in [6.07, 6.45) is 1.45. The fourth-order valence-electron chi connectivity index (χ4n) is 1.37. The summed E-state index contributed by atoms with van der Waals surface area (Å²) in [6, 6.07) is 7.69. The molecule has 0 aromatic heterocycles. The predicted octanol–water partition coefficient (Wildman–Crippen LogP) is 1.66. The Balaban J connectivity index is 2.72. The fourth-order valence-corrected chi connectivity index (χ4v) is 1.37. The molecule has 6 nitrogen and oxygen atoms in total. The van der Waals surface area contributed by atoms with E-state index in [-0.39, 0.29) is 6.54 Å². The Bertz CT molecular complexity index is 517. The first-order valence-electron chi connectivity index (χ1n) is 5.45. The summed E-state index contributed by atoms with van der Waals surface area (Å²) in [7, 11) is 0. The average molecular weight is 259 g/mol. The van der Waals surface area contributed by atoms with Crippen molar-refractivity contribution in [2.75, 3.05) is 18.4 Å². The fraction of sp³-hybridized carbons (Fsp3) is 0.154. The Morgan fingerprint density at radius 1 is 1.42 bits per heavy atom. The van der Waals surface area contributed by atoms with Crippen LogP contribution in [-0.2, 0) is 4.79 Å². The van der Waals surface area contributed by atoms with E-state index in [1.165, 1.54) is 6.08 Å². The summed E-state index contributed by atoms with van der Waals surface area (Å²) in [5.74, 6) is -1.10. The average Bonchev–Trinajstić information content (AvgIpc) is 2.38. The van der Waals surface area contributed by atoms with Crippen molar-refractivity contribution < 1.29 is 14.7 Å². The van der Waals surface area contributed by atoms with Gasteiger partial charge in [0.1, 0.15) is 6.54 Å². The van der Waals surface area contributed by atoms with Gasteiger partial charge in [-0.1, -0.05) is 6.08 Å². The maximum absolute atomic E-state index is 11.8. The molecule has 0 aliphatic rings. The molecule has 98 valence electrons. The second-order valence-corrected chi connectivity index (χ2v) is 3.68. The van der Waals surface area contributed by atoms with Crippen LogP contribution in [-0.4, -0.2) is 35.1 Å². The highest BCUT2D eigenvalue weighted by atomic mass is 16.4. The Morgan fingerprint density at radius 2 is 2.05 bits per heavy atom. The number of amides is 2. The maximum atomic E-state index is 11.8. The van der Waals surface area contributed by atoms with Gasteiger partial charge in [-0.05, 0) is 24.3 Å². The lowest BCUT2D eigenvalue weighted by molar-refractivity contribution is -0.137. The van der Waals surface area contributed by atoms with Gasteiger partial charge < -0.3 is 15.3 Å². The molecule has 0 spiro atoms. The maximum Gasteiger partial charge on any atom is 0.323 e. The van der Waals surface area contributed by atoms with E-state index in [4.69, 9.17) is 10.4 Å². The van der Waals surface area contributed by atoms with E-state index in [0.29, 0.717) is 11.3 Å². The highest BCUT2D eigenvalue weighted by Gasteiger charge is 2.15. The SMILES string of the molecule is C=CCN(CC(=O)O)C(=O)Nc1ccc(C#N)cc1. The van der Waals surface area contributed by atoms with Gasteiger partial charge in [-0.2, -0.15) is 5.26 Å². The summed E-state index contributed by atoms with van der Waals surface area (Å²) in [4.78, 5) is 23.6. The van der Waals surface area contributed by atoms with E-state index >= 15 is 0 Å². The van der Waals surface area contributed by atoms with Crippen LogP contribution < -0.4 is 5.32 Å². The number of nitrogens with one attached hydrogen (secondary N) is 1. The van der Waals surface area contributed by atoms with E-state index in [0.717, 1.165) is 4.90 Å². The molecule has 2 amide bonds. The van der Waals surface area contributed by atoms with Crippen LogP contribution in [0.4, 0.5) is 10.5 Å². The molecule has 0 heterocycles. The third-order valence-electron chi connectivity index (χ3n) is 2.23. The smallest absolute Gasteiger partial charge is 0.323 e. The van der Waals surface area contributed by atoms with Crippen LogP contribution in [0.25, 0.3) is 0 Å². The molecule has 6 heteroatoms. The van der Waals surface area contributed by atoms with Gasteiger partial charge in [0.05, 0.1) is 11.6 Å². The van der Waals surface area contributed by atoms with Gasteiger partial charge in [0, 0.05) is 12.2 Å². The van der Waals surface area contributed by atoms with Crippen LogP contribution in [0.5, 0.6) is 0 Å².